The van der Waals surface area contributed by atoms with E-state index in [4.69, 9.17) is 17.0 Å². The van der Waals surface area contributed by atoms with Crippen molar-refractivity contribution in [3.8, 4) is 5.75 Å². The number of benzene rings is 4. The van der Waals surface area contributed by atoms with Crippen molar-refractivity contribution in [2.75, 3.05) is 11.9 Å². The summed E-state index contributed by atoms with van der Waals surface area (Å²) in [6.07, 6.45) is 4.13. The first kappa shape index (κ1) is 22.2. The lowest BCUT2D eigenvalue weighted by atomic mass is 10.0. The van der Waals surface area contributed by atoms with E-state index in [1.54, 1.807) is 6.08 Å². The van der Waals surface area contributed by atoms with Crippen LogP contribution in [0.3, 0.4) is 0 Å². The minimum Gasteiger partial charge on any atom is -0.493 e. The lowest BCUT2D eigenvalue weighted by Gasteiger charge is -2.10. The molecule has 0 saturated carbocycles. The first-order valence-electron chi connectivity index (χ1n) is 10.7. The highest BCUT2D eigenvalue weighted by molar-refractivity contribution is 7.80. The smallest absolute Gasteiger partial charge is 0.250 e. The van der Waals surface area contributed by atoms with Crippen molar-refractivity contribution in [1.82, 2.24) is 5.32 Å². The van der Waals surface area contributed by atoms with Crippen LogP contribution in [0.5, 0.6) is 5.75 Å². The topological polar surface area (TPSA) is 50.4 Å². The van der Waals surface area contributed by atoms with Crippen LogP contribution in [0, 0.1) is 0 Å². The zero-order valence-corrected chi connectivity index (χ0v) is 18.8. The number of thiocarbonyl (C=S) groups is 1. The number of hydrogen-bond acceptors (Lipinski definition) is 3. The van der Waals surface area contributed by atoms with Crippen LogP contribution >= 0.6 is 12.2 Å². The molecule has 0 saturated heterocycles. The van der Waals surface area contributed by atoms with Crippen LogP contribution in [-0.4, -0.2) is 17.6 Å². The van der Waals surface area contributed by atoms with Crippen LogP contribution < -0.4 is 15.4 Å². The second-order valence-electron chi connectivity index (χ2n) is 7.45. The van der Waals surface area contributed by atoms with Crippen molar-refractivity contribution in [3.63, 3.8) is 0 Å². The minimum absolute atomic E-state index is 0.236. The van der Waals surface area contributed by atoms with Crippen molar-refractivity contribution in [3.05, 3.63) is 114 Å². The van der Waals surface area contributed by atoms with E-state index in [-0.39, 0.29) is 11.0 Å². The fraction of sp³-hybridized carbons (Fsp3) is 0.0714. The number of hydrogen-bond donors (Lipinski definition) is 2. The van der Waals surface area contributed by atoms with Crippen LogP contribution in [0.15, 0.2) is 103 Å². The molecule has 2 N–H and O–H groups in total. The Morgan fingerprint density at radius 3 is 2.39 bits per heavy atom. The van der Waals surface area contributed by atoms with Gasteiger partial charge in [-0.25, -0.2) is 0 Å². The van der Waals surface area contributed by atoms with Gasteiger partial charge in [0.05, 0.1) is 6.61 Å². The predicted molar refractivity (Wildman–Crippen MR) is 139 cm³/mol. The monoisotopic (exact) mass is 452 g/mol. The van der Waals surface area contributed by atoms with E-state index >= 15 is 0 Å². The van der Waals surface area contributed by atoms with Crippen LogP contribution in [0.1, 0.15) is 11.1 Å². The van der Waals surface area contributed by atoms with E-state index < -0.39 is 0 Å². The summed E-state index contributed by atoms with van der Waals surface area (Å²) in [6, 6.07) is 31.8. The second-order valence-corrected chi connectivity index (χ2v) is 7.86. The van der Waals surface area contributed by atoms with Crippen LogP contribution in [0.4, 0.5) is 5.69 Å². The van der Waals surface area contributed by atoms with E-state index in [1.165, 1.54) is 11.6 Å². The van der Waals surface area contributed by atoms with Gasteiger partial charge in [-0.15, -0.1) is 0 Å². The quantitative estimate of drug-likeness (QED) is 0.267. The van der Waals surface area contributed by atoms with E-state index in [2.05, 4.69) is 22.8 Å². The highest BCUT2D eigenvalue weighted by atomic mass is 32.1. The number of carbonyl (C=O) groups is 1. The lowest BCUT2D eigenvalue weighted by Crippen LogP contribution is -2.32. The number of amides is 1. The van der Waals surface area contributed by atoms with E-state index in [0.29, 0.717) is 6.61 Å². The normalized spacial score (nSPS) is 10.8. The molecule has 0 unspecified atom stereocenters. The largest absolute Gasteiger partial charge is 0.493 e. The van der Waals surface area contributed by atoms with E-state index in [1.807, 2.05) is 84.9 Å². The highest BCUT2D eigenvalue weighted by Crippen LogP contribution is 2.19. The number of anilines is 1. The third-order valence-corrected chi connectivity index (χ3v) is 5.29. The van der Waals surface area contributed by atoms with Crippen molar-refractivity contribution in [2.45, 2.75) is 6.42 Å². The van der Waals surface area contributed by atoms with Gasteiger partial charge in [0.25, 0.3) is 0 Å². The Morgan fingerprint density at radius 1 is 0.848 bits per heavy atom. The van der Waals surface area contributed by atoms with Gasteiger partial charge in [-0.1, -0.05) is 72.8 Å². The Bertz CT molecular complexity index is 1260. The zero-order chi connectivity index (χ0) is 22.9. The maximum Gasteiger partial charge on any atom is 0.250 e. The number of ether oxygens (including phenoxy) is 1. The average molecular weight is 453 g/mol. The fourth-order valence-corrected chi connectivity index (χ4v) is 3.66. The van der Waals surface area contributed by atoms with Gasteiger partial charge in [-0.2, -0.15) is 0 Å². The molecule has 0 aromatic heterocycles. The van der Waals surface area contributed by atoms with Gasteiger partial charge >= 0.3 is 0 Å². The summed E-state index contributed by atoms with van der Waals surface area (Å²) < 4.78 is 5.80. The van der Waals surface area contributed by atoms with Gasteiger partial charge in [0.15, 0.2) is 5.11 Å². The number of fused-ring (bicyclic) bond motifs is 1. The molecule has 0 heterocycles. The Kier molecular flexibility index (Phi) is 7.46. The van der Waals surface area contributed by atoms with Crippen LogP contribution in [0.25, 0.3) is 16.8 Å². The molecule has 1 amide bonds. The van der Waals surface area contributed by atoms with Crippen molar-refractivity contribution in [2.24, 2.45) is 0 Å². The third-order valence-electron chi connectivity index (χ3n) is 5.09. The summed E-state index contributed by atoms with van der Waals surface area (Å²) >= 11 is 5.27. The SMILES string of the molecule is O=C(/C=C/c1cccc2ccccc12)NC(=S)Nc1ccc(OCCc2ccccc2)cc1. The fourth-order valence-electron chi connectivity index (χ4n) is 3.44. The first-order valence-corrected chi connectivity index (χ1v) is 11.1. The molecular formula is C28H24N2O2S. The summed E-state index contributed by atoms with van der Waals surface area (Å²) in [4.78, 5) is 12.3. The van der Waals surface area contributed by atoms with Gasteiger partial charge in [-0.05, 0) is 64.5 Å². The molecular weight excluding hydrogens is 428 g/mol. The van der Waals surface area contributed by atoms with Crippen molar-refractivity contribution < 1.29 is 9.53 Å². The van der Waals surface area contributed by atoms with Crippen LogP contribution in [-0.2, 0) is 11.2 Å². The first-order chi connectivity index (χ1) is 16.2. The molecule has 164 valence electrons. The van der Waals surface area contributed by atoms with Crippen molar-refractivity contribution >= 4 is 45.8 Å². The maximum atomic E-state index is 12.3. The molecule has 0 fully saturated rings. The average Bonchev–Trinajstić information content (AvgIpc) is 2.84. The molecule has 0 atom stereocenters. The Hall–Kier alpha value is -3.96. The lowest BCUT2D eigenvalue weighted by molar-refractivity contribution is -0.115. The van der Waals surface area contributed by atoms with Gasteiger partial charge in [0.1, 0.15) is 5.75 Å². The maximum absolute atomic E-state index is 12.3. The Morgan fingerprint density at radius 2 is 1.58 bits per heavy atom. The molecule has 0 spiro atoms. The molecule has 33 heavy (non-hydrogen) atoms. The van der Waals surface area contributed by atoms with Gasteiger partial charge in [0.2, 0.25) is 5.91 Å². The van der Waals surface area contributed by atoms with Gasteiger partial charge < -0.3 is 10.1 Å². The summed E-state index contributed by atoms with van der Waals surface area (Å²) in [5, 5.41) is 8.16. The molecule has 0 radical (unpaired) electrons. The number of nitrogens with one attached hydrogen (secondary N) is 2. The van der Waals surface area contributed by atoms with E-state index in [9.17, 15) is 4.79 Å². The number of carbonyl (C=O) groups excluding carboxylic acids is 1. The van der Waals surface area contributed by atoms with E-state index in [0.717, 1.165) is 34.2 Å². The standard InChI is InChI=1S/C28H24N2O2S/c31-27(18-13-23-11-6-10-22-9-4-5-12-26(22)23)30-28(33)29-24-14-16-25(17-15-24)32-20-19-21-7-2-1-3-8-21/h1-18H,19-20H2,(H2,29,30,31,33)/b18-13+. The van der Waals surface area contributed by atoms with Crippen molar-refractivity contribution in [1.29, 1.82) is 0 Å². The molecule has 4 aromatic rings. The molecule has 0 bridgehead atoms. The molecule has 4 nitrogen and oxygen atoms in total. The summed E-state index contributed by atoms with van der Waals surface area (Å²) in [5.41, 5.74) is 2.99. The molecule has 0 aliphatic carbocycles. The van der Waals surface area contributed by atoms with Crippen LogP contribution in [0.2, 0.25) is 0 Å². The third kappa shape index (κ3) is 6.51. The second kappa shape index (κ2) is 11.1. The molecule has 5 heteroatoms. The Balaban J connectivity index is 1.26. The molecule has 0 aliphatic heterocycles. The molecule has 0 aliphatic rings. The number of rotatable bonds is 7. The summed E-state index contributed by atoms with van der Waals surface area (Å²) in [5.74, 6) is 0.491. The predicted octanol–water partition coefficient (Wildman–Crippen LogP) is 5.99. The summed E-state index contributed by atoms with van der Waals surface area (Å²) in [6.45, 7) is 0.605. The molecule has 4 rings (SSSR count). The minimum atomic E-state index is -0.290. The summed E-state index contributed by atoms with van der Waals surface area (Å²) in [7, 11) is 0. The highest BCUT2D eigenvalue weighted by Gasteiger charge is 2.03. The Labute approximate surface area is 198 Å². The van der Waals surface area contributed by atoms with Gasteiger partial charge in [-0.3, -0.25) is 10.1 Å². The van der Waals surface area contributed by atoms with Gasteiger partial charge in [0, 0.05) is 18.2 Å². The molecule has 4 aromatic carbocycles. The zero-order valence-electron chi connectivity index (χ0n) is 18.0.